The van der Waals surface area contributed by atoms with Crippen LogP contribution >= 0.6 is 15.9 Å². The van der Waals surface area contributed by atoms with Crippen LogP contribution in [0.15, 0.2) is 113 Å². The molecule has 1 aliphatic heterocycles. The third kappa shape index (κ3) is 7.49. The zero-order valence-electron chi connectivity index (χ0n) is 24.7. The van der Waals surface area contributed by atoms with E-state index in [1.807, 2.05) is 110 Å². The minimum absolute atomic E-state index is 0.0746. The van der Waals surface area contributed by atoms with Gasteiger partial charge in [0.05, 0.1) is 13.2 Å². The number of aliphatic hydroxyl groups excluding tert-OH is 1. The Kier molecular flexibility index (Phi) is 10.7. The van der Waals surface area contributed by atoms with Crippen LogP contribution < -0.4 is 14.8 Å². The number of nitrogens with zero attached hydrogens (tertiary/aromatic N) is 1. The molecule has 0 saturated carbocycles. The minimum atomic E-state index is -1.26. The number of para-hydroxylation sites is 1. The number of benzene rings is 4. The highest BCUT2D eigenvalue weighted by atomic mass is 79.9. The number of halogens is 1. The number of rotatable bonds is 14. The molecule has 1 amide bonds. The van der Waals surface area contributed by atoms with Crippen molar-refractivity contribution < 1.29 is 24.1 Å². The maximum Gasteiger partial charge on any atom is 0.252 e. The predicted octanol–water partition coefficient (Wildman–Crippen LogP) is 6.47. The van der Waals surface area contributed by atoms with Crippen LogP contribution in [0.1, 0.15) is 41.7 Å². The molecule has 0 bridgehead atoms. The largest absolute Gasteiger partial charge is 0.494 e. The van der Waals surface area contributed by atoms with E-state index in [1.54, 1.807) is 0 Å². The Labute approximate surface area is 267 Å². The number of aliphatic hydroxyl groups is 1. The molecule has 0 radical (unpaired) electrons. The van der Waals surface area contributed by atoms with Crippen LogP contribution in [-0.4, -0.2) is 48.8 Å². The highest BCUT2D eigenvalue weighted by Gasteiger charge is 2.53. The van der Waals surface area contributed by atoms with E-state index in [1.165, 1.54) is 0 Å². The summed E-state index contributed by atoms with van der Waals surface area (Å²) < 4.78 is 19.1. The normalized spacial score (nSPS) is 17.4. The second-order valence-electron chi connectivity index (χ2n) is 10.5. The van der Waals surface area contributed by atoms with Crippen molar-refractivity contribution in [1.29, 1.82) is 0 Å². The zero-order chi connectivity index (χ0) is 30.8. The van der Waals surface area contributed by atoms with Gasteiger partial charge in [0.1, 0.15) is 11.5 Å². The molecule has 44 heavy (non-hydrogen) atoms. The third-order valence-corrected chi connectivity index (χ3v) is 8.00. The molecular formula is C36H37BrN2O5. The smallest absolute Gasteiger partial charge is 0.252 e. The van der Waals surface area contributed by atoms with Gasteiger partial charge in [-0.1, -0.05) is 76.6 Å². The van der Waals surface area contributed by atoms with Gasteiger partial charge in [-0.25, -0.2) is 4.99 Å². The third-order valence-electron chi connectivity index (χ3n) is 7.47. The molecule has 2 N–H and O–H groups in total. The lowest BCUT2D eigenvalue weighted by Crippen LogP contribution is -2.50. The van der Waals surface area contributed by atoms with Gasteiger partial charge in [0.25, 0.3) is 5.91 Å². The maximum atomic E-state index is 14.4. The molecule has 0 saturated heterocycles. The lowest BCUT2D eigenvalue weighted by atomic mass is 9.82. The lowest BCUT2D eigenvalue weighted by molar-refractivity contribution is -0.128. The van der Waals surface area contributed by atoms with Crippen molar-refractivity contribution in [3.8, 4) is 11.5 Å². The van der Waals surface area contributed by atoms with Gasteiger partial charge in [0, 0.05) is 36.0 Å². The summed E-state index contributed by atoms with van der Waals surface area (Å²) >= 11 is 3.52. The van der Waals surface area contributed by atoms with Crippen molar-refractivity contribution in [3.63, 3.8) is 0 Å². The molecule has 4 aromatic rings. The highest BCUT2D eigenvalue weighted by Crippen LogP contribution is 2.42. The fraction of sp³-hybridized carbons (Fsp3) is 0.278. The van der Waals surface area contributed by atoms with E-state index in [2.05, 4.69) is 21.2 Å². The first-order valence-corrected chi connectivity index (χ1v) is 15.7. The van der Waals surface area contributed by atoms with Crippen LogP contribution in [0.25, 0.3) is 0 Å². The van der Waals surface area contributed by atoms with Gasteiger partial charge < -0.3 is 24.6 Å². The number of aliphatic imine (C=N–C) groups is 1. The van der Waals surface area contributed by atoms with Crippen molar-refractivity contribution in [2.45, 2.75) is 37.8 Å². The average Bonchev–Trinajstić information content (AvgIpc) is 3.44. The molecule has 7 nitrogen and oxygen atoms in total. The molecular weight excluding hydrogens is 620 g/mol. The zero-order valence-corrected chi connectivity index (χ0v) is 26.3. The van der Waals surface area contributed by atoms with E-state index in [9.17, 15) is 4.79 Å². The average molecular weight is 658 g/mol. The fourth-order valence-corrected chi connectivity index (χ4v) is 5.56. The summed E-state index contributed by atoms with van der Waals surface area (Å²) in [5, 5.41) is 12.3. The standard InChI is InChI=1S/C36H37BrN2O5/c1-2-42-32-12-7-6-9-27(32)21-22-38-35(41)36(25-26-13-17-30(37)18-14-26)33(28-10-4-3-5-11-28)44-34(39-36)29-15-19-31(20-16-29)43-24-8-23-40/h3-7,9-20,33,40H,2,8,21-25H2,1H3,(H,38,41)/t33-,36-/m1/s1. The van der Waals surface area contributed by atoms with Gasteiger partial charge in [-0.05, 0) is 72.5 Å². The summed E-state index contributed by atoms with van der Waals surface area (Å²) in [4.78, 5) is 19.5. The lowest BCUT2D eigenvalue weighted by Gasteiger charge is -2.31. The SMILES string of the molecule is CCOc1ccccc1CCNC(=O)[C@]1(Cc2ccc(Br)cc2)N=C(c2ccc(OCCCO)cc2)O[C@@H]1c1ccccc1. The van der Waals surface area contributed by atoms with Gasteiger partial charge in [0.15, 0.2) is 11.6 Å². The predicted molar refractivity (Wildman–Crippen MR) is 175 cm³/mol. The van der Waals surface area contributed by atoms with Crippen molar-refractivity contribution in [3.05, 3.63) is 130 Å². The fourth-order valence-electron chi connectivity index (χ4n) is 5.29. The Bertz CT molecular complexity index is 1540. The Hall–Kier alpha value is -4.14. The molecule has 0 unspecified atom stereocenters. The summed E-state index contributed by atoms with van der Waals surface area (Å²) in [6, 6.07) is 33.1. The van der Waals surface area contributed by atoms with Gasteiger partial charge in [0.2, 0.25) is 5.90 Å². The van der Waals surface area contributed by atoms with E-state index in [0.29, 0.717) is 50.7 Å². The van der Waals surface area contributed by atoms with Crippen molar-refractivity contribution in [2.75, 3.05) is 26.4 Å². The molecule has 0 aliphatic carbocycles. The van der Waals surface area contributed by atoms with Gasteiger partial charge in [-0.3, -0.25) is 4.79 Å². The molecule has 0 fully saturated rings. The summed E-state index contributed by atoms with van der Waals surface area (Å²) in [6.07, 6.45) is 0.856. The van der Waals surface area contributed by atoms with Crippen LogP contribution in [0.4, 0.5) is 0 Å². The molecule has 0 spiro atoms. The Morgan fingerprint density at radius 2 is 1.68 bits per heavy atom. The molecule has 5 rings (SSSR count). The van der Waals surface area contributed by atoms with Crippen LogP contribution in [0.5, 0.6) is 11.5 Å². The topological polar surface area (TPSA) is 89.4 Å². The Balaban J connectivity index is 1.48. The first kappa shape index (κ1) is 31.3. The summed E-state index contributed by atoms with van der Waals surface area (Å²) in [7, 11) is 0. The van der Waals surface area contributed by atoms with E-state index in [-0.39, 0.29) is 12.5 Å². The number of hydrogen-bond acceptors (Lipinski definition) is 6. The Morgan fingerprint density at radius 1 is 0.955 bits per heavy atom. The minimum Gasteiger partial charge on any atom is -0.494 e. The molecule has 1 heterocycles. The molecule has 1 aliphatic rings. The van der Waals surface area contributed by atoms with Gasteiger partial charge >= 0.3 is 0 Å². The first-order valence-electron chi connectivity index (χ1n) is 14.9. The van der Waals surface area contributed by atoms with E-state index >= 15 is 0 Å². The van der Waals surface area contributed by atoms with Crippen LogP contribution in [0, 0.1) is 0 Å². The second-order valence-corrected chi connectivity index (χ2v) is 11.5. The molecule has 8 heteroatoms. The quantitative estimate of drug-likeness (QED) is 0.152. The van der Waals surface area contributed by atoms with Gasteiger partial charge in [-0.2, -0.15) is 0 Å². The molecule has 228 valence electrons. The molecule has 4 aromatic carbocycles. The summed E-state index contributed by atoms with van der Waals surface area (Å²) in [5.74, 6) is 1.70. The molecule has 0 aromatic heterocycles. The van der Waals surface area contributed by atoms with Crippen LogP contribution in [0.2, 0.25) is 0 Å². The number of amides is 1. The molecule has 2 atom stereocenters. The summed E-state index contributed by atoms with van der Waals surface area (Å²) in [6.45, 7) is 3.45. The van der Waals surface area contributed by atoms with E-state index in [4.69, 9.17) is 24.3 Å². The van der Waals surface area contributed by atoms with Crippen LogP contribution in [0.3, 0.4) is 0 Å². The number of ether oxygens (including phenoxy) is 3. The first-order chi connectivity index (χ1) is 21.5. The van der Waals surface area contributed by atoms with E-state index in [0.717, 1.165) is 32.5 Å². The highest BCUT2D eigenvalue weighted by molar-refractivity contribution is 9.10. The second kappa shape index (κ2) is 15.0. The van der Waals surface area contributed by atoms with Crippen molar-refractivity contribution in [1.82, 2.24) is 5.32 Å². The van der Waals surface area contributed by atoms with Crippen molar-refractivity contribution in [2.24, 2.45) is 4.99 Å². The Morgan fingerprint density at radius 3 is 2.41 bits per heavy atom. The number of hydrogen-bond donors (Lipinski definition) is 2. The van der Waals surface area contributed by atoms with Crippen molar-refractivity contribution >= 4 is 27.7 Å². The number of carbonyl (C=O) groups is 1. The number of carbonyl (C=O) groups excluding carboxylic acids is 1. The van der Waals surface area contributed by atoms with Gasteiger partial charge in [-0.15, -0.1) is 0 Å². The van der Waals surface area contributed by atoms with E-state index < -0.39 is 11.6 Å². The number of nitrogens with one attached hydrogen (secondary N) is 1. The summed E-state index contributed by atoms with van der Waals surface area (Å²) in [5.41, 5.74) is 2.34. The maximum absolute atomic E-state index is 14.4. The van der Waals surface area contributed by atoms with Crippen LogP contribution in [-0.2, 0) is 22.4 Å². The monoisotopic (exact) mass is 656 g/mol.